The molecule has 0 atom stereocenters. The molecule has 2 N–H and O–H groups in total. The van der Waals surface area contributed by atoms with Gasteiger partial charge in [0.05, 0.1) is 17.0 Å². The Morgan fingerprint density at radius 2 is 1.70 bits per heavy atom. The van der Waals surface area contributed by atoms with Crippen LogP contribution in [0.4, 0.5) is 5.69 Å². The number of anilines is 1. The summed E-state index contributed by atoms with van der Waals surface area (Å²) in [4.78, 5) is 17.3. The highest BCUT2D eigenvalue weighted by atomic mass is 35.5. The minimum atomic E-state index is -3.93. The third kappa shape index (κ3) is 6.99. The van der Waals surface area contributed by atoms with Crippen LogP contribution < -0.4 is 10.6 Å². The van der Waals surface area contributed by atoms with E-state index >= 15 is 0 Å². The van der Waals surface area contributed by atoms with Crippen molar-refractivity contribution in [2.24, 2.45) is 0 Å². The van der Waals surface area contributed by atoms with Gasteiger partial charge in [0.25, 0.3) is 0 Å². The minimum absolute atomic E-state index is 0.00794. The molecule has 0 saturated heterocycles. The molecule has 1 aromatic heterocycles. The quantitative estimate of drug-likeness (QED) is 0.259. The highest BCUT2D eigenvalue weighted by molar-refractivity contribution is 7.89. The fraction of sp³-hybridized carbons (Fsp3) is 0.185. The van der Waals surface area contributed by atoms with Gasteiger partial charge in [-0.2, -0.15) is 4.31 Å². The van der Waals surface area contributed by atoms with Crippen molar-refractivity contribution in [1.29, 1.82) is 0 Å². The zero-order valence-corrected chi connectivity index (χ0v) is 22.4. The number of hydrogen-bond acceptors (Lipinski definition) is 5. The number of nitrogens with one attached hydrogen (secondary N) is 2. The summed E-state index contributed by atoms with van der Waals surface area (Å²) in [5, 5.41) is 8.09. The van der Waals surface area contributed by atoms with Gasteiger partial charge in [-0.1, -0.05) is 53.0 Å². The summed E-state index contributed by atoms with van der Waals surface area (Å²) in [5.74, 6) is -0.411. The highest BCUT2D eigenvalue weighted by Crippen LogP contribution is 2.24. The Balaban J connectivity index is 1.42. The Bertz CT molecular complexity index is 1510. The number of benzene rings is 3. The number of sulfonamides is 1. The van der Waals surface area contributed by atoms with Gasteiger partial charge in [0.1, 0.15) is 0 Å². The van der Waals surface area contributed by atoms with Gasteiger partial charge in [0, 0.05) is 46.9 Å². The highest BCUT2D eigenvalue weighted by Gasteiger charge is 2.27. The summed E-state index contributed by atoms with van der Waals surface area (Å²) >= 11 is 12.1. The van der Waals surface area contributed by atoms with E-state index in [-0.39, 0.29) is 18.0 Å². The molecule has 7 nitrogen and oxygen atoms in total. The van der Waals surface area contributed by atoms with Gasteiger partial charge >= 0.3 is 0 Å². The normalized spacial score (nSPS) is 11.6. The van der Waals surface area contributed by atoms with Crippen molar-refractivity contribution < 1.29 is 13.2 Å². The number of aryl methyl sites for hydroxylation is 1. The maximum atomic E-state index is 13.4. The van der Waals surface area contributed by atoms with Crippen LogP contribution in [0.1, 0.15) is 11.1 Å². The van der Waals surface area contributed by atoms with Crippen molar-refractivity contribution in [3.05, 3.63) is 100 Å². The number of aromatic nitrogens is 1. The van der Waals surface area contributed by atoms with E-state index in [1.165, 1.54) is 0 Å². The molecule has 0 unspecified atom stereocenters. The van der Waals surface area contributed by atoms with Crippen LogP contribution in [0.2, 0.25) is 10.0 Å². The summed E-state index contributed by atoms with van der Waals surface area (Å²) in [7, 11) is -3.93. The molecule has 0 saturated carbocycles. The molecular formula is C27H26Cl2N4O3S. The number of rotatable bonds is 10. The van der Waals surface area contributed by atoms with E-state index in [1.807, 2.05) is 19.1 Å². The number of amides is 1. The summed E-state index contributed by atoms with van der Waals surface area (Å²) < 4.78 is 28.0. The molecule has 3 aromatic carbocycles. The summed E-state index contributed by atoms with van der Waals surface area (Å²) in [5.41, 5.74) is 3.25. The zero-order chi connectivity index (χ0) is 26.4. The molecule has 4 aromatic rings. The average molecular weight is 558 g/mol. The van der Waals surface area contributed by atoms with Crippen molar-refractivity contribution >= 4 is 55.7 Å². The van der Waals surface area contributed by atoms with Gasteiger partial charge in [-0.15, -0.1) is 0 Å². The van der Waals surface area contributed by atoms with Crippen molar-refractivity contribution in [3.63, 3.8) is 0 Å². The lowest BCUT2D eigenvalue weighted by Gasteiger charge is -2.22. The lowest BCUT2D eigenvalue weighted by Crippen LogP contribution is -2.41. The van der Waals surface area contributed by atoms with Gasteiger partial charge in [-0.25, -0.2) is 8.42 Å². The van der Waals surface area contributed by atoms with Crippen LogP contribution >= 0.6 is 23.2 Å². The molecule has 0 spiro atoms. The van der Waals surface area contributed by atoms with E-state index in [9.17, 15) is 13.2 Å². The third-order valence-electron chi connectivity index (χ3n) is 5.69. The molecule has 0 aliphatic heterocycles. The number of halogens is 2. The summed E-state index contributed by atoms with van der Waals surface area (Å²) in [6, 6.07) is 20.8. The van der Waals surface area contributed by atoms with Gasteiger partial charge in [0.2, 0.25) is 15.9 Å². The molecule has 0 aliphatic rings. The molecule has 192 valence electrons. The largest absolute Gasteiger partial charge is 0.383 e. The number of nitrogens with zero attached hydrogens (tertiary/aromatic N) is 2. The van der Waals surface area contributed by atoms with E-state index in [2.05, 4.69) is 15.6 Å². The van der Waals surface area contributed by atoms with Crippen LogP contribution in [-0.2, 0) is 21.4 Å². The number of hydrogen-bond donors (Lipinski definition) is 2. The predicted molar refractivity (Wildman–Crippen MR) is 148 cm³/mol. The summed E-state index contributed by atoms with van der Waals surface area (Å²) in [6.45, 7) is 2.29. The molecule has 4 rings (SSSR count). The van der Waals surface area contributed by atoms with Gasteiger partial charge < -0.3 is 10.6 Å². The fourth-order valence-corrected chi connectivity index (χ4v) is 5.58. The summed E-state index contributed by atoms with van der Waals surface area (Å²) in [6.07, 6.45) is 1.68. The number of carbonyl (C=O) groups is 1. The van der Waals surface area contributed by atoms with Gasteiger partial charge in [0.15, 0.2) is 0 Å². The lowest BCUT2D eigenvalue weighted by atomic mass is 10.2. The number of pyridine rings is 1. The van der Waals surface area contributed by atoms with Crippen LogP contribution in [0.25, 0.3) is 10.9 Å². The van der Waals surface area contributed by atoms with Crippen LogP contribution in [0.5, 0.6) is 0 Å². The SMILES string of the molecule is Cc1ccc(S(=O)(=O)N(CC(=O)NCCNc2ccnc3cc(Cl)ccc23)Cc2cccc(Cl)c2)cc1. The Morgan fingerprint density at radius 1 is 0.946 bits per heavy atom. The topological polar surface area (TPSA) is 91.4 Å². The van der Waals surface area contributed by atoms with Crippen molar-refractivity contribution in [2.75, 3.05) is 25.0 Å². The second-order valence-corrected chi connectivity index (χ2v) is 11.3. The Morgan fingerprint density at radius 3 is 2.46 bits per heavy atom. The van der Waals surface area contributed by atoms with Gasteiger partial charge in [-0.3, -0.25) is 9.78 Å². The first-order valence-corrected chi connectivity index (χ1v) is 13.8. The van der Waals surface area contributed by atoms with E-state index < -0.39 is 15.9 Å². The smallest absolute Gasteiger partial charge is 0.243 e. The Hall–Kier alpha value is -3.17. The molecule has 1 amide bonds. The molecule has 10 heteroatoms. The zero-order valence-electron chi connectivity index (χ0n) is 20.1. The molecule has 0 bridgehead atoms. The fourth-order valence-electron chi connectivity index (χ4n) is 3.81. The maximum absolute atomic E-state index is 13.4. The van der Waals surface area contributed by atoms with Gasteiger partial charge in [-0.05, 0) is 61.0 Å². The van der Waals surface area contributed by atoms with Crippen molar-refractivity contribution in [2.45, 2.75) is 18.4 Å². The standard InChI is InChI=1S/C27H26Cl2N4O3S/c1-19-5-8-23(9-6-19)37(35,36)33(17-20-3-2-4-21(28)15-20)18-27(34)32-14-13-31-25-11-12-30-26-16-22(29)7-10-24(25)26/h2-12,15-16H,13-14,17-18H2,1H3,(H,30,31)(H,32,34). The molecule has 1 heterocycles. The first kappa shape index (κ1) is 26.9. The van der Waals surface area contributed by atoms with Crippen molar-refractivity contribution in [3.8, 4) is 0 Å². The van der Waals surface area contributed by atoms with Crippen LogP contribution in [0, 0.1) is 6.92 Å². The second kappa shape index (κ2) is 11.9. The molecular weight excluding hydrogens is 531 g/mol. The second-order valence-electron chi connectivity index (χ2n) is 8.51. The van der Waals surface area contributed by atoms with E-state index in [4.69, 9.17) is 23.2 Å². The number of fused-ring (bicyclic) bond motifs is 1. The van der Waals surface area contributed by atoms with Crippen LogP contribution in [0.3, 0.4) is 0 Å². The maximum Gasteiger partial charge on any atom is 0.243 e. The first-order valence-electron chi connectivity index (χ1n) is 11.6. The van der Waals surface area contributed by atoms with E-state index in [0.717, 1.165) is 26.5 Å². The van der Waals surface area contributed by atoms with Crippen molar-refractivity contribution in [1.82, 2.24) is 14.6 Å². The van der Waals surface area contributed by atoms with E-state index in [0.29, 0.717) is 28.7 Å². The van der Waals surface area contributed by atoms with Crippen LogP contribution in [0.15, 0.2) is 83.9 Å². The molecule has 0 fully saturated rings. The Kier molecular flexibility index (Phi) is 8.66. The monoisotopic (exact) mass is 556 g/mol. The molecule has 37 heavy (non-hydrogen) atoms. The number of carbonyl (C=O) groups excluding carboxylic acids is 1. The predicted octanol–water partition coefficient (Wildman–Crippen LogP) is 5.27. The molecule has 0 radical (unpaired) electrons. The molecule has 0 aliphatic carbocycles. The third-order valence-corrected chi connectivity index (χ3v) is 7.97. The first-order chi connectivity index (χ1) is 17.7. The average Bonchev–Trinajstić information content (AvgIpc) is 2.86. The Labute approximate surface area is 226 Å². The van der Waals surface area contributed by atoms with E-state index in [1.54, 1.807) is 66.9 Å². The lowest BCUT2D eigenvalue weighted by molar-refractivity contribution is -0.121. The van der Waals surface area contributed by atoms with Crippen LogP contribution in [-0.4, -0.2) is 43.2 Å². The minimum Gasteiger partial charge on any atom is -0.383 e.